The van der Waals surface area contributed by atoms with Gasteiger partial charge in [-0.05, 0) is 57.3 Å². The minimum atomic E-state index is 0.938. The van der Waals surface area contributed by atoms with Gasteiger partial charge in [-0.1, -0.05) is 27.2 Å². The van der Waals surface area contributed by atoms with Gasteiger partial charge in [-0.2, -0.15) is 0 Å². The van der Waals surface area contributed by atoms with E-state index in [0.717, 1.165) is 11.8 Å². The van der Waals surface area contributed by atoms with Gasteiger partial charge in [-0.3, -0.25) is 0 Å². The summed E-state index contributed by atoms with van der Waals surface area (Å²) >= 11 is 0. The summed E-state index contributed by atoms with van der Waals surface area (Å²) in [5, 5.41) is 3.46. The molecule has 1 atom stereocenters. The second kappa shape index (κ2) is 8.08. The second-order valence-electron chi connectivity index (χ2n) is 5.01. The van der Waals surface area contributed by atoms with Crippen LogP contribution in [0, 0.1) is 11.8 Å². The van der Waals surface area contributed by atoms with Gasteiger partial charge >= 0.3 is 0 Å². The number of rotatable bonds is 3. The Bertz CT molecular complexity index is 156. The van der Waals surface area contributed by atoms with E-state index in [-0.39, 0.29) is 0 Å². The van der Waals surface area contributed by atoms with Crippen LogP contribution in [0.1, 0.15) is 46.5 Å². The molecule has 0 aliphatic carbocycles. The monoisotopic (exact) mass is 226 g/mol. The maximum atomic E-state index is 3.46. The van der Waals surface area contributed by atoms with Crippen molar-refractivity contribution in [2.45, 2.75) is 46.5 Å². The molecule has 1 N–H and O–H groups in total. The topological polar surface area (TPSA) is 15.3 Å². The summed E-state index contributed by atoms with van der Waals surface area (Å²) in [6.45, 7) is 12.9. The highest BCUT2D eigenvalue weighted by atomic mass is 15.1. The SMILES string of the molecule is CC.CCC1CCN(CC2CCNC2)CC1. The highest BCUT2D eigenvalue weighted by Gasteiger charge is 2.22. The number of nitrogens with one attached hydrogen (secondary N) is 1. The van der Waals surface area contributed by atoms with E-state index in [1.54, 1.807) is 0 Å². The average Bonchev–Trinajstić information content (AvgIpc) is 2.86. The molecular formula is C14H30N2. The largest absolute Gasteiger partial charge is 0.316 e. The number of nitrogens with zero attached hydrogens (tertiary/aromatic N) is 1. The third-order valence-corrected chi connectivity index (χ3v) is 3.96. The molecule has 2 rings (SSSR count). The summed E-state index contributed by atoms with van der Waals surface area (Å²) in [5.41, 5.74) is 0. The van der Waals surface area contributed by atoms with E-state index in [2.05, 4.69) is 17.1 Å². The maximum Gasteiger partial charge on any atom is 0.00223 e. The minimum absolute atomic E-state index is 0.938. The predicted molar refractivity (Wildman–Crippen MR) is 71.8 cm³/mol. The second-order valence-corrected chi connectivity index (χ2v) is 5.01. The van der Waals surface area contributed by atoms with Crippen molar-refractivity contribution < 1.29 is 0 Å². The van der Waals surface area contributed by atoms with Crippen LogP contribution < -0.4 is 5.32 Å². The fourth-order valence-corrected chi connectivity index (χ4v) is 2.81. The van der Waals surface area contributed by atoms with E-state index in [1.807, 2.05) is 13.8 Å². The summed E-state index contributed by atoms with van der Waals surface area (Å²) in [7, 11) is 0. The molecule has 2 nitrogen and oxygen atoms in total. The van der Waals surface area contributed by atoms with Gasteiger partial charge in [-0.15, -0.1) is 0 Å². The van der Waals surface area contributed by atoms with Crippen LogP contribution in [0.4, 0.5) is 0 Å². The van der Waals surface area contributed by atoms with Crippen LogP contribution in [0.15, 0.2) is 0 Å². The lowest BCUT2D eigenvalue weighted by molar-refractivity contribution is 0.162. The normalized spacial score (nSPS) is 27.6. The van der Waals surface area contributed by atoms with Crippen LogP contribution in [0.2, 0.25) is 0 Å². The van der Waals surface area contributed by atoms with Gasteiger partial charge in [0, 0.05) is 6.54 Å². The summed E-state index contributed by atoms with van der Waals surface area (Å²) in [5.74, 6) is 1.96. The zero-order chi connectivity index (χ0) is 11.8. The Morgan fingerprint density at radius 3 is 2.25 bits per heavy atom. The Hall–Kier alpha value is -0.0800. The van der Waals surface area contributed by atoms with Gasteiger partial charge in [-0.25, -0.2) is 0 Å². The standard InChI is InChI=1S/C12H24N2.C2H6/c1-2-11-4-7-14(8-5-11)10-12-3-6-13-9-12;1-2/h11-13H,2-10H2,1H3;1-2H3. The molecule has 0 aromatic rings. The number of hydrogen-bond acceptors (Lipinski definition) is 2. The molecule has 0 aromatic carbocycles. The van der Waals surface area contributed by atoms with Crippen LogP contribution in [-0.2, 0) is 0 Å². The van der Waals surface area contributed by atoms with E-state index in [0.29, 0.717) is 0 Å². The third-order valence-electron chi connectivity index (χ3n) is 3.96. The van der Waals surface area contributed by atoms with Crippen LogP contribution in [0.5, 0.6) is 0 Å². The first kappa shape index (κ1) is 14.0. The molecule has 1 unspecified atom stereocenters. The minimum Gasteiger partial charge on any atom is -0.316 e. The Morgan fingerprint density at radius 1 is 1.06 bits per heavy atom. The van der Waals surface area contributed by atoms with Crippen molar-refractivity contribution in [2.24, 2.45) is 11.8 Å². The van der Waals surface area contributed by atoms with Gasteiger partial charge in [0.05, 0.1) is 0 Å². The fourth-order valence-electron chi connectivity index (χ4n) is 2.81. The molecule has 0 radical (unpaired) electrons. The molecule has 16 heavy (non-hydrogen) atoms. The fraction of sp³-hybridized carbons (Fsp3) is 1.00. The van der Waals surface area contributed by atoms with Crippen LogP contribution in [-0.4, -0.2) is 37.6 Å². The van der Waals surface area contributed by atoms with E-state index >= 15 is 0 Å². The number of likely N-dealkylation sites (tertiary alicyclic amines) is 1. The van der Waals surface area contributed by atoms with E-state index in [4.69, 9.17) is 0 Å². The first-order valence-electron chi connectivity index (χ1n) is 7.31. The smallest absolute Gasteiger partial charge is 0.00223 e. The van der Waals surface area contributed by atoms with Crippen molar-refractivity contribution in [2.75, 3.05) is 32.7 Å². The first-order chi connectivity index (χ1) is 7.88. The molecule has 2 fully saturated rings. The quantitative estimate of drug-likeness (QED) is 0.796. The van der Waals surface area contributed by atoms with Crippen molar-refractivity contribution in [3.63, 3.8) is 0 Å². The third kappa shape index (κ3) is 4.42. The van der Waals surface area contributed by atoms with Crippen molar-refractivity contribution in [3.8, 4) is 0 Å². The molecule has 2 heteroatoms. The lowest BCUT2D eigenvalue weighted by Gasteiger charge is -2.32. The van der Waals surface area contributed by atoms with Crippen LogP contribution in [0.3, 0.4) is 0 Å². The lowest BCUT2D eigenvalue weighted by Crippen LogP contribution is -2.37. The molecule has 0 saturated carbocycles. The molecule has 2 heterocycles. The zero-order valence-corrected chi connectivity index (χ0v) is 11.5. The molecule has 2 aliphatic rings. The van der Waals surface area contributed by atoms with E-state index < -0.39 is 0 Å². The molecule has 0 aromatic heterocycles. The summed E-state index contributed by atoms with van der Waals surface area (Å²) in [6, 6.07) is 0. The summed E-state index contributed by atoms with van der Waals surface area (Å²) in [4.78, 5) is 2.68. The Labute approximate surface area is 102 Å². The molecule has 0 bridgehead atoms. The lowest BCUT2D eigenvalue weighted by atomic mass is 9.94. The van der Waals surface area contributed by atoms with Gasteiger partial charge in [0.15, 0.2) is 0 Å². The van der Waals surface area contributed by atoms with Crippen molar-refractivity contribution in [1.29, 1.82) is 0 Å². The predicted octanol–water partition coefficient (Wildman–Crippen LogP) is 2.74. The Kier molecular flexibility index (Phi) is 7.06. The van der Waals surface area contributed by atoms with Gasteiger partial charge in [0.1, 0.15) is 0 Å². The van der Waals surface area contributed by atoms with Crippen molar-refractivity contribution in [3.05, 3.63) is 0 Å². The van der Waals surface area contributed by atoms with Crippen molar-refractivity contribution in [1.82, 2.24) is 10.2 Å². The highest BCUT2D eigenvalue weighted by Crippen LogP contribution is 2.21. The number of hydrogen-bond donors (Lipinski definition) is 1. The average molecular weight is 226 g/mol. The molecule has 96 valence electrons. The Morgan fingerprint density at radius 2 is 1.75 bits per heavy atom. The maximum absolute atomic E-state index is 3.46. The van der Waals surface area contributed by atoms with Gasteiger partial charge in [0.2, 0.25) is 0 Å². The summed E-state index contributed by atoms with van der Waals surface area (Å²) < 4.78 is 0. The number of piperidine rings is 1. The van der Waals surface area contributed by atoms with Crippen molar-refractivity contribution >= 4 is 0 Å². The zero-order valence-electron chi connectivity index (χ0n) is 11.5. The molecule has 2 saturated heterocycles. The van der Waals surface area contributed by atoms with E-state index in [9.17, 15) is 0 Å². The van der Waals surface area contributed by atoms with Gasteiger partial charge < -0.3 is 10.2 Å². The highest BCUT2D eigenvalue weighted by molar-refractivity contribution is 4.78. The molecular weight excluding hydrogens is 196 g/mol. The molecule has 0 spiro atoms. The molecule has 0 amide bonds. The first-order valence-corrected chi connectivity index (χ1v) is 7.31. The Balaban J connectivity index is 0.000000606. The van der Waals surface area contributed by atoms with Crippen LogP contribution in [0.25, 0.3) is 0 Å². The van der Waals surface area contributed by atoms with Crippen LogP contribution >= 0.6 is 0 Å². The van der Waals surface area contributed by atoms with E-state index in [1.165, 1.54) is 58.4 Å². The molecule has 2 aliphatic heterocycles. The van der Waals surface area contributed by atoms with Gasteiger partial charge in [0.25, 0.3) is 0 Å². The summed E-state index contributed by atoms with van der Waals surface area (Å²) in [6.07, 6.45) is 5.67.